The van der Waals surface area contributed by atoms with Gasteiger partial charge in [0.2, 0.25) is 0 Å². The third-order valence-electron chi connectivity index (χ3n) is 3.85. The zero-order valence-corrected chi connectivity index (χ0v) is 12.7. The molecule has 0 unspecified atom stereocenters. The molecule has 1 aliphatic rings. The van der Waals surface area contributed by atoms with Crippen LogP contribution in [0, 0.1) is 0 Å². The Balaban J connectivity index is 0.000000157. The van der Waals surface area contributed by atoms with Crippen LogP contribution in [0.25, 0.3) is 32.9 Å². The molecule has 0 N–H and O–H groups in total. The fourth-order valence-electron chi connectivity index (χ4n) is 2.72. The minimum absolute atomic E-state index is 0.496. The molecule has 0 fully saturated rings. The van der Waals surface area contributed by atoms with Crippen molar-refractivity contribution in [2.24, 2.45) is 0 Å². The Kier molecular flexibility index (Phi) is 4.33. The summed E-state index contributed by atoms with van der Waals surface area (Å²) in [5, 5.41) is 2.66. The van der Waals surface area contributed by atoms with E-state index in [9.17, 15) is 4.79 Å². The van der Waals surface area contributed by atoms with Crippen LogP contribution >= 0.6 is 0 Å². The first-order chi connectivity index (χ1) is 10.9. The van der Waals surface area contributed by atoms with Crippen LogP contribution in [0.4, 0.5) is 0 Å². The van der Waals surface area contributed by atoms with Crippen molar-refractivity contribution in [2.45, 2.75) is 26.2 Å². The van der Waals surface area contributed by atoms with Crippen molar-refractivity contribution < 1.29 is 9.53 Å². The number of fused-ring (bicyclic) bond motifs is 3. The highest BCUT2D eigenvalue weighted by Gasteiger charge is 2.24. The largest absolute Gasteiger partial charge is 0.468 e. The van der Waals surface area contributed by atoms with Crippen LogP contribution in [0.2, 0.25) is 0 Å². The number of unbranched alkanes of at least 4 members (excludes halogenated alkanes) is 2. The molecule has 1 aromatic heterocycles. The first kappa shape index (κ1) is 14.5. The van der Waals surface area contributed by atoms with E-state index in [0.717, 1.165) is 23.9 Å². The second-order valence-corrected chi connectivity index (χ2v) is 5.38. The lowest BCUT2D eigenvalue weighted by atomic mass is 10.2. The van der Waals surface area contributed by atoms with Gasteiger partial charge < -0.3 is 4.74 Å². The fraction of sp³-hybridized carbons (Fsp3) is 0.263. The molecule has 0 bridgehead atoms. The Morgan fingerprint density at radius 2 is 1.86 bits per heavy atom. The molecule has 3 aromatic rings. The van der Waals surface area contributed by atoms with Crippen molar-refractivity contribution in [3.8, 4) is 11.1 Å². The lowest BCUT2D eigenvalue weighted by Gasteiger charge is -1.93. The maximum atomic E-state index is 9.55. The molecule has 0 amide bonds. The third kappa shape index (κ3) is 2.80. The molecule has 1 aliphatic carbocycles. The molecule has 22 heavy (non-hydrogen) atoms. The van der Waals surface area contributed by atoms with E-state index in [4.69, 9.17) is 0 Å². The summed E-state index contributed by atoms with van der Waals surface area (Å²) in [5.41, 5.74) is 5.04. The number of para-hydroxylation sites is 1. The van der Waals surface area contributed by atoms with Gasteiger partial charge in [0.1, 0.15) is 0 Å². The van der Waals surface area contributed by atoms with Crippen molar-refractivity contribution in [3.05, 3.63) is 42.5 Å². The smallest absolute Gasteiger partial charge is 0.293 e. The Hall–Kier alpha value is -2.42. The molecule has 3 nitrogen and oxygen atoms in total. The highest BCUT2D eigenvalue weighted by atomic mass is 16.5. The molecule has 0 radical (unpaired) electrons. The zero-order valence-electron chi connectivity index (χ0n) is 12.7. The lowest BCUT2D eigenvalue weighted by Crippen LogP contribution is -1.89. The number of hydrogen-bond donors (Lipinski definition) is 0. The van der Waals surface area contributed by atoms with Crippen LogP contribution in [-0.4, -0.2) is 18.1 Å². The molecule has 0 aliphatic heterocycles. The van der Waals surface area contributed by atoms with Gasteiger partial charge in [-0.05, 0) is 24.1 Å². The Labute approximate surface area is 129 Å². The maximum absolute atomic E-state index is 9.55. The highest BCUT2D eigenvalue weighted by molar-refractivity contribution is 6.27. The standard InChI is InChI=1S/C13H7N.C6H12O2/c1-2-6-10-8(4-1)12-9-5-3-7-11(14-10)13(9)12;1-2-3-4-5-8-6-7/h1-7H;6H,2-5H2,1H3. The Morgan fingerprint density at radius 1 is 1.05 bits per heavy atom. The van der Waals surface area contributed by atoms with Gasteiger partial charge in [0, 0.05) is 16.3 Å². The van der Waals surface area contributed by atoms with Gasteiger partial charge in [-0.15, -0.1) is 0 Å². The summed E-state index contributed by atoms with van der Waals surface area (Å²) in [6.45, 7) is 3.19. The van der Waals surface area contributed by atoms with E-state index in [1.54, 1.807) is 0 Å². The van der Waals surface area contributed by atoms with Crippen molar-refractivity contribution in [2.75, 3.05) is 6.61 Å². The van der Waals surface area contributed by atoms with Crippen molar-refractivity contribution >= 4 is 28.3 Å². The number of carbonyl (C=O) groups excluding carboxylic acids is 1. The number of aromatic nitrogens is 1. The topological polar surface area (TPSA) is 39.2 Å². The van der Waals surface area contributed by atoms with Gasteiger partial charge in [0.05, 0.1) is 17.6 Å². The van der Waals surface area contributed by atoms with E-state index >= 15 is 0 Å². The predicted octanol–water partition coefficient (Wildman–Crippen LogP) is 4.72. The van der Waals surface area contributed by atoms with Crippen LogP contribution in [-0.2, 0) is 9.53 Å². The third-order valence-corrected chi connectivity index (χ3v) is 3.85. The molecule has 0 saturated heterocycles. The molecule has 0 saturated carbocycles. The molecule has 1 heterocycles. The van der Waals surface area contributed by atoms with Crippen molar-refractivity contribution in [3.63, 3.8) is 0 Å². The number of carbonyl (C=O) groups is 1. The molecule has 0 spiro atoms. The quantitative estimate of drug-likeness (QED) is 0.304. The first-order valence-electron chi connectivity index (χ1n) is 7.74. The van der Waals surface area contributed by atoms with E-state index in [2.05, 4.69) is 53.0 Å². The molecular weight excluding hydrogens is 274 g/mol. The minimum Gasteiger partial charge on any atom is -0.468 e. The number of ether oxygens (including phenoxy) is 1. The first-order valence-corrected chi connectivity index (χ1v) is 7.74. The lowest BCUT2D eigenvalue weighted by molar-refractivity contribution is -0.128. The fourth-order valence-corrected chi connectivity index (χ4v) is 2.72. The molecule has 3 heteroatoms. The summed E-state index contributed by atoms with van der Waals surface area (Å²) in [4.78, 5) is 14.2. The number of rotatable bonds is 5. The van der Waals surface area contributed by atoms with Crippen molar-refractivity contribution in [1.82, 2.24) is 4.98 Å². The Morgan fingerprint density at radius 3 is 2.68 bits per heavy atom. The predicted molar refractivity (Wildman–Crippen MR) is 89.8 cm³/mol. The maximum Gasteiger partial charge on any atom is 0.293 e. The second-order valence-electron chi connectivity index (χ2n) is 5.38. The number of nitrogens with zero attached hydrogens (tertiary/aromatic N) is 1. The van der Waals surface area contributed by atoms with E-state index < -0.39 is 0 Å². The van der Waals surface area contributed by atoms with Gasteiger partial charge in [-0.3, -0.25) is 4.79 Å². The molecule has 112 valence electrons. The molecule has 2 aromatic carbocycles. The van der Waals surface area contributed by atoms with Gasteiger partial charge in [0.25, 0.3) is 6.47 Å². The van der Waals surface area contributed by atoms with E-state index in [-0.39, 0.29) is 0 Å². The highest BCUT2D eigenvalue weighted by Crippen LogP contribution is 2.49. The van der Waals surface area contributed by atoms with Crippen LogP contribution in [0.5, 0.6) is 0 Å². The number of benzene rings is 2. The monoisotopic (exact) mass is 293 g/mol. The van der Waals surface area contributed by atoms with Gasteiger partial charge >= 0.3 is 0 Å². The summed E-state index contributed by atoms with van der Waals surface area (Å²) >= 11 is 0. The molecule has 4 rings (SSSR count). The summed E-state index contributed by atoms with van der Waals surface area (Å²) in [6, 6.07) is 14.7. The van der Waals surface area contributed by atoms with Crippen LogP contribution < -0.4 is 0 Å². The van der Waals surface area contributed by atoms with E-state index in [1.165, 1.54) is 28.3 Å². The van der Waals surface area contributed by atoms with Crippen LogP contribution in [0.3, 0.4) is 0 Å². The average molecular weight is 293 g/mol. The van der Waals surface area contributed by atoms with Gasteiger partial charge in [-0.25, -0.2) is 4.98 Å². The van der Waals surface area contributed by atoms with Gasteiger partial charge in [-0.2, -0.15) is 0 Å². The summed E-state index contributed by atoms with van der Waals surface area (Å²) in [7, 11) is 0. The summed E-state index contributed by atoms with van der Waals surface area (Å²) in [5.74, 6) is 0. The van der Waals surface area contributed by atoms with Gasteiger partial charge in [0.15, 0.2) is 0 Å². The molecular formula is C19H19NO2. The summed E-state index contributed by atoms with van der Waals surface area (Å²) in [6.07, 6.45) is 3.31. The SMILES string of the molecule is CCCCCOC=O.c1ccc2c3c4c-3cccc4nc2c1. The number of hydrogen-bond acceptors (Lipinski definition) is 3. The van der Waals surface area contributed by atoms with E-state index in [1.807, 2.05) is 6.07 Å². The Bertz CT molecular complexity index is 811. The summed E-state index contributed by atoms with van der Waals surface area (Å²) < 4.78 is 4.46. The average Bonchev–Trinajstić information content (AvgIpc) is 3.29. The van der Waals surface area contributed by atoms with Crippen LogP contribution in [0.1, 0.15) is 26.2 Å². The van der Waals surface area contributed by atoms with Crippen LogP contribution in [0.15, 0.2) is 42.5 Å². The molecule has 0 atom stereocenters. The minimum atomic E-state index is 0.496. The second kappa shape index (κ2) is 6.56. The number of pyridine rings is 1. The van der Waals surface area contributed by atoms with Crippen molar-refractivity contribution in [1.29, 1.82) is 0 Å². The van der Waals surface area contributed by atoms with E-state index in [0.29, 0.717) is 13.1 Å². The van der Waals surface area contributed by atoms with Gasteiger partial charge in [-0.1, -0.05) is 50.1 Å². The zero-order chi connectivity index (χ0) is 15.4. The normalized spacial score (nSPS) is 11.0.